The first-order chi connectivity index (χ1) is 33.6. The minimum atomic E-state index is -1.85. The second-order valence-corrected chi connectivity index (χ2v) is 23.4. The van der Waals surface area contributed by atoms with Crippen LogP contribution in [-0.2, 0) is 52.1 Å². The van der Waals surface area contributed by atoms with Gasteiger partial charge in [-0.3, -0.25) is 0 Å². The summed E-state index contributed by atoms with van der Waals surface area (Å²) < 4.78 is 67.1. The van der Waals surface area contributed by atoms with Crippen LogP contribution in [0.4, 0.5) is 0 Å². The normalized spacial score (nSPS) is 58.4. The minimum Gasteiger partial charge on any atom is -0.388 e. The average molecular weight is 1020 g/mol. The maximum Gasteiger partial charge on any atom is 0.195 e. The first-order valence-corrected chi connectivity index (χ1v) is 26.2. The number of allylic oxidation sites excluding steroid dienone is 1. The van der Waals surface area contributed by atoms with Crippen molar-refractivity contribution in [2.24, 2.45) is 40.4 Å². The van der Waals surface area contributed by atoms with Gasteiger partial charge < -0.3 is 103 Å². The van der Waals surface area contributed by atoms with Gasteiger partial charge in [0.25, 0.3) is 0 Å². The molecule has 0 radical (unpaired) electrons. The van der Waals surface area contributed by atoms with Gasteiger partial charge >= 0.3 is 0 Å². The van der Waals surface area contributed by atoms with E-state index in [2.05, 4.69) is 26.8 Å². The van der Waals surface area contributed by atoms with E-state index in [1.54, 1.807) is 0 Å². The second kappa shape index (κ2) is 20.0. The lowest BCUT2D eigenvalue weighted by atomic mass is 9.47. The molecule has 406 valence electrons. The Labute approximate surface area is 414 Å². The molecule has 0 aromatic rings. The van der Waals surface area contributed by atoms with E-state index in [1.807, 2.05) is 0 Å². The Bertz CT molecular complexity index is 1890. The van der Waals surface area contributed by atoms with Crippen LogP contribution in [0.15, 0.2) is 11.6 Å². The Kier molecular flexibility index (Phi) is 15.0. The lowest BCUT2D eigenvalue weighted by molar-refractivity contribution is -0.407. The first kappa shape index (κ1) is 53.3. The van der Waals surface area contributed by atoms with Crippen LogP contribution < -0.4 is 0 Å². The summed E-state index contributed by atoms with van der Waals surface area (Å²) in [6.07, 6.45) is -20.9. The molecule has 3 saturated carbocycles. The topological polar surface area (TPSA) is 304 Å². The van der Waals surface area contributed by atoms with Gasteiger partial charge in [0.05, 0.1) is 37.1 Å². The van der Waals surface area contributed by atoms with Crippen LogP contribution in [0.25, 0.3) is 0 Å². The fourth-order valence-corrected chi connectivity index (χ4v) is 14.9. The average Bonchev–Trinajstić information content (AvgIpc) is 3.79. The zero-order valence-corrected chi connectivity index (χ0v) is 41.8. The molecule has 4 aliphatic carbocycles. The lowest BCUT2D eigenvalue weighted by Gasteiger charge is -2.58. The van der Waals surface area contributed by atoms with Crippen molar-refractivity contribution < 1.29 is 103 Å². The highest BCUT2D eigenvalue weighted by Gasteiger charge is 2.70. The van der Waals surface area contributed by atoms with Crippen molar-refractivity contribution >= 4 is 0 Å². The van der Waals surface area contributed by atoms with Crippen LogP contribution in [-0.4, -0.2) is 212 Å². The van der Waals surface area contributed by atoms with Crippen molar-refractivity contribution in [1.82, 2.24) is 0 Å². The van der Waals surface area contributed by atoms with Gasteiger partial charge in [-0.1, -0.05) is 32.4 Å². The van der Waals surface area contributed by atoms with Crippen LogP contribution in [0.5, 0.6) is 0 Å². The third-order valence-electron chi connectivity index (χ3n) is 19.2. The van der Waals surface area contributed by atoms with Gasteiger partial charge in [0.2, 0.25) is 0 Å². The number of fused-ring (bicyclic) bond motifs is 7. The van der Waals surface area contributed by atoms with E-state index in [0.29, 0.717) is 43.1 Å². The van der Waals surface area contributed by atoms with Crippen LogP contribution in [0.3, 0.4) is 0 Å². The third-order valence-corrected chi connectivity index (χ3v) is 19.2. The fraction of sp³-hybridized carbons (Fsp3) is 0.960. The summed E-state index contributed by atoms with van der Waals surface area (Å²) in [6, 6.07) is 0. The molecule has 0 aromatic heterocycles. The Balaban J connectivity index is 0.794. The second-order valence-electron chi connectivity index (χ2n) is 23.4. The van der Waals surface area contributed by atoms with E-state index in [-0.39, 0.29) is 29.0 Å². The van der Waals surface area contributed by atoms with E-state index in [4.69, 9.17) is 52.1 Å². The van der Waals surface area contributed by atoms with Crippen LogP contribution in [0.1, 0.15) is 99.3 Å². The molecule has 10 rings (SSSR count). The van der Waals surface area contributed by atoms with E-state index >= 15 is 0 Å². The largest absolute Gasteiger partial charge is 0.388 e. The Morgan fingerprint density at radius 2 is 1.15 bits per heavy atom. The third kappa shape index (κ3) is 9.02. The molecule has 9 fully saturated rings. The van der Waals surface area contributed by atoms with Crippen molar-refractivity contribution in [3.8, 4) is 0 Å². The molecule has 0 aromatic carbocycles. The van der Waals surface area contributed by atoms with Gasteiger partial charge in [0, 0.05) is 19.4 Å². The van der Waals surface area contributed by atoms with E-state index in [0.717, 1.165) is 44.9 Å². The monoisotopic (exact) mass is 1020 g/mol. The minimum absolute atomic E-state index is 0.0163. The van der Waals surface area contributed by atoms with Crippen molar-refractivity contribution in [3.63, 3.8) is 0 Å². The zero-order valence-electron chi connectivity index (χ0n) is 41.8. The van der Waals surface area contributed by atoms with Crippen molar-refractivity contribution in [3.05, 3.63) is 11.6 Å². The van der Waals surface area contributed by atoms with Gasteiger partial charge in [-0.2, -0.15) is 0 Å². The molecule has 6 heterocycles. The van der Waals surface area contributed by atoms with Crippen LogP contribution >= 0.6 is 0 Å². The van der Waals surface area contributed by atoms with E-state index < -0.39 is 135 Å². The van der Waals surface area contributed by atoms with Gasteiger partial charge in [-0.15, -0.1) is 0 Å². The first-order valence-electron chi connectivity index (χ1n) is 26.2. The number of hydrogen-bond donors (Lipinski definition) is 10. The van der Waals surface area contributed by atoms with E-state index in [9.17, 15) is 51.1 Å². The number of aliphatic hydroxyl groups excluding tert-OH is 10. The highest BCUT2D eigenvalue weighted by Crippen LogP contribution is 2.69. The standard InChI is InChI=1S/C50H80O21/c1-19-10-15-50(62-18-19)42(60)29-28(71-50)17-27-25-9-8-23-16-24(11-13-48(23,5)26(25)12-14-49(27,29)6)66-45-37(58)34(55)41(47(61-7)70-45)69-46-38(59)40(68-44-36(57)33(54)31(52)21(3)64-44)39(22(4)65-46)67-43-35(56)32(53)30(51)20(2)63-43/h8,19-22,24-47,51-60H,9-18H2,1-7H3/t19-,20-,21-,22-,24+,25-,26+,27+,28-,29-,30+,31+,32-,33-,34-,35-,36-,37-,38-,39+,40+,41+,42+,43?,44?,45-,46?,47+,48+,49+,50-/m1/s1. The Hall–Kier alpha value is -1.10. The fourth-order valence-electron chi connectivity index (χ4n) is 14.9. The summed E-state index contributed by atoms with van der Waals surface area (Å²) in [4.78, 5) is 0. The highest BCUT2D eigenvalue weighted by molar-refractivity contribution is 5.27. The number of ether oxygens (including phenoxy) is 11. The highest BCUT2D eigenvalue weighted by atomic mass is 16.8. The molecule has 21 nitrogen and oxygen atoms in total. The van der Waals surface area contributed by atoms with Crippen LogP contribution in [0, 0.1) is 40.4 Å². The Morgan fingerprint density at radius 3 is 1.79 bits per heavy atom. The predicted molar refractivity (Wildman–Crippen MR) is 241 cm³/mol. The van der Waals surface area contributed by atoms with Gasteiger partial charge in [-0.25, -0.2) is 0 Å². The molecule has 21 heteroatoms. The number of methoxy groups -OCH3 is 1. The molecule has 0 bridgehead atoms. The van der Waals surface area contributed by atoms with Crippen molar-refractivity contribution in [2.75, 3.05) is 13.7 Å². The number of hydrogen-bond acceptors (Lipinski definition) is 21. The molecule has 1 spiro atoms. The van der Waals surface area contributed by atoms with Gasteiger partial charge in [0.1, 0.15) is 79.4 Å². The van der Waals surface area contributed by atoms with Gasteiger partial charge in [0.15, 0.2) is 37.2 Å². The molecular weight excluding hydrogens is 937 g/mol. The summed E-state index contributed by atoms with van der Waals surface area (Å²) in [5.74, 6) is 0.967. The zero-order chi connectivity index (χ0) is 50.8. The SMILES string of the molecule is CO[C@H]1O[C@@H](O[C@H]2CC[C@@]3(C)C(=CC[C@H]4[C@@H]5C[C@H]6O[C@]7(CC[C@@H](C)CO7)[C@@H](O)[C@@H]6[C@@]5(C)CC[C@@H]43)C2)[C@H](O)[C@@H](O)[C@@H]1OC1O[C@H](C)[C@H](OC2O[C@H](C)[C@H](O)[C@@H](O)[C@H]2O)[C@@H](OC2O[C@H](C)[C@H](O)[C@@H](O)[C@H]2O)[C@H]1O. The summed E-state index contributed by atoms with van der Waals surface area (Å²) in [5, 5.41) is 111. The molecule has 0 amide bonds. The molecule has 6 saturated heterocycles. The molecule has 71 heavy (non-hydrogen) atoms. The molecule has 10 N–H and O–H groups in total. The van der Waals surface area contributed by atoms with Crippen molar-refractivity contribution in [1.29, 1.82) is 0 Å². The quantitative estimate of drug-likeness (QED) is 0.129. The molecular formula is C50H80O21. The van der Waals surface area contributed by atoms with Crippen molar-refractivity contribution in [2.45, 2.75) is 246 Å². The molecule has 3 unspecified atom stereocenters. The summed E-state index contributed by atoms with van der Waals surface area (Å²) in [5.41, 5.74) is 1.22. The summed E-state index contributed by atoms with van der Waals surface area (Å²) >= 11 is 0. The van der Waals surface area contributed by atoms with E-state index in [1.165, 1.54) is 33.5 Å². The number of rotatable bonds is 9. The number of aliphatic hydroxyl groups is 10. The Morgan fingerprint density at radius 1 is 0.563 bits per heavy atom. The van der Waals surface area contributed by atoms with Crippen LogP contribution in [0.2, 0.25) is 0 Å². The predicted octanol–water partition coefficient (Wildman–Crippen LogP) is -0.570. The lowest BCUT2D eigenvalue weighted by Crippen LogP contribution is -2.67. The molecule has 6 aliphatic heterocycles. The summed E-state index contributed by atoms with van der Waals surface area (Å²) in [7, 11) is 1.32. The molecule has 31 atom stereocenters. The molecule has 10 aliphatic rings. The van der Waals surface area contributed by atoms with Gasteiger partial charge in [-0.05, 0) is 107 Å². The maximum absolute atomic E-state index is 11.9. The maximum atomic E-state index is 11.9. The smallest absolute Gasteiger partial charge is 0.195 e. The summed E-state index contributed by atoms with van der Waals surface area (Å²) in [6.45, 7) is 12.0.